The minimum Gasteiger partial charge on any atom is -0.393 e. The highest BCUT2D eigenvalue weighted by atomic mass is 16.5. The van der Waals surface area contributed by atoms with Gasteiger partial charge in [0.05, 0.1) is 18.3 Å². The van der Waals surface area contributed by atoms with Gasteiger partial charge in [-0.05, 0) is 20.3 Å². The summed E-state index contributed by atoms with van der Waals surface area (Å²) in [5.41, 5.74) is -0.270. The van der Waals surface area contributed by atoms with Gasteiger partial charge in [0.15, 0.2) is 0 Å². The van der Waals surface area contributed by atoms with Crippen LogP contribution in [0, 0.1) is 0 Å². The van der Waals surface area contributed by atoms with Crippen LogP contribution < -0.4 is 0 Å². The molecule has 1 rings (SSSR count). The predicted molar refractivity (Wildman–Crippen MR) is 46.1 cm³/mol. The standard InChI is InChI=1S/C9H18O3/c1-3-11-7-9(2)6-8(10)4-5-12-9/h8,10H,3-7H2,1-2H3. The molecule has 72 valence electrons. The molecular weight excluding hydrogens is 156 g/mol. The quantitative estimate of drug-likeness (QED) is 0.692. The molecular formula is C9H18O3. The number of ether oxygens (including phenoxy) is 2. The van der Waals surface area contributed by atoms with E-state index in [-0.39, 0.29) is 11.7 Å². The Hall–Kier alpha value is -0.120. The van der Waals surface area contributed by atoms with Crippen LogP contribution in [-0.4, -0.2) is 36.6 Å². The highest BCUT2D eigenvalue weighted by molar-refractivity contribution is 4.82. The van der Waals surface area contributed by atoms with E-state index in [1.807, 2.05) is 13.8 Å². The van der Waals surface area contributed by atoms with Gasteiger partial charge < -0.3 is 14.6 Å². The van der Waals surface area contributed by atoms with Gasteiger partial charge in [0.25, 0.3) is 0 Å². The minimum absolute atomic E-state index is 0.218. The van der Waals surface area contributed by atoms with Gasteiger partial charge in [-0.3, -0.25) is 0 Å². The van der Waals surface area contributed by atoms with Crippen LogP contribution in [0.5, 0.6) is 0 Å². The molecule has 0 aromatic carbocycles. The van der Waals surface area contributed by atoms with Crippen molar-refractivity contribution in [3.63, 3.8) is 0 Å². The van der Waals surface area contributed by atoms with Crippen molar-refractivity contribution >= 4 is 0 Å². The maximum atomic E-state index is 9.41. The molecule has 1 saturated heterocycles. The first-order valence-corrected chi connectivity index (χ1v) is 4.56. The van der Waals surface area contributed by atoms with Crippen LogP contribution in [0.15, 0.2) is 0 Å². The van der Waals surface area contributed by atoms with Gasteiger partial charge in [-0.1, -0.05) is 0 Å². The number of aliphatic hydroxyl groups excluding tert-OH is 1. The summed E-state index contributed by atoms with van der Waals surface area (Å²) >= 11 is 0. The van der Waals surface area contributed by atoms with Crippen LogP contribution >= 0.6 is 0 Å². The number of hydrogen-bond acceptors (Lipinski definition) is 3. The lowest BCUT2D eigenvalue weighted by atomic mass is 9.95. The average molecular weight is 174 g/mol. The van der Waals surface area contributed by atoms with E-state index in [1.165, 1.54) is 0 Å². The van der Waals surface area contributed by atoms with Gasteiger partial charge in [-0.2, -0.15) is 0 Å². The van der Waals surface area contributed by atoms with Crippen LogP contribution in [0.3, 0.4) is 0 Å². The van der Waals surface area contributed by atoms with Crippen molar-refractivity contribution in [2.24, 2.45) is 0 Å². The summed E-state index contributed by atoms with van der Waals surface area (Å²) in [7, 11) is 0. The van der Waals surface area contributed by atoms with Gasteiger partial charge in [0, 0.05) is 19.6 Å². The van der Waals surface area contributed by atoms with Gasteiger partial charge in [0.2, 0.25) is 0 Å². The Morgan fingerprint density at radius 3 is 3.00 bits per heavy atom. The normalized spacial score (nSPS) is 36.8. The summed E-state index contributed by atoms with van der Waals surface area (Å²) in [5.74, 6) is 0. The lowest BCUT2D eigenvalue weighted by molar-refractivity contribution is -0.140. The zero-order valence-corrected chi connectivity index (χ0v) is 7.88. The maximum Gasteiger partial charge on any atom is 0.0911 e. The van der Waals surface area contributed by atoms with Gasteiger partial charge in [-0.15, -0.1) is 0 Å². The minimum atomic E-state index is -0.270. The Labute approximate surface area is 73.7 Å². The van der Waals surface area contributed by atoms with Crippen molar-refractivity contribution in [1.82, 2.24) is 0 Å². The molecule has 1 aliphatic heterocycles. The molecule has 0 saturated carbocycles. The Morgan fingerprint density at radius 2 is 2.42 bits per heavy atom. The average Bonchev–Trinajstić information content (AvgIpc) is 2.01. The molecule has 0 amide bonds. The number of rotatable bonds is 3. The lowest BCUT2D eigenvalue weighted by Gasteiger charge is -2.35. The van der Waals surface area contributed by atoms with Crippen LogP contribution in [0.1, 0.15) is 26.7 Å². The first kappa shape index (κ1) is 9.96. The molecule has 2 atom stereocenters. The van der Waals surface area contributed by atoms with E-state index in [9.17, 15) is 5.11 Å². The monoisotopic (exact) mass is 174 g/mol. The molecule has 0 radical (unpaired) electrons. The summed E-state index contributed by atoms with van der Waals surface area (Å²) in [4.78, 5) is 0. The maximum absolute atomic E-state index is 9.41. The van der Waals surface area contributed by atoms with Crippen molar-refractivity contribution in [1.29, 1.82) is 0 Å². The molecule has 0 aromatic rings. The van der Waals surface area contributed by atoms with Crippen molar-refractivity contribution in [2.75, 3.05) is 19.8 Å². The topological polar surface area (TPSA) is 38.7 Å². The van der Waals surface area contributed by atoms with Gasteiger partial charge in [-0.25, -0.2) is 0 Å². The molecule has 3 heteroatoms. The second-order valence-corrected chi connectivity index (χ2v) is 3.58. The Balaban J connectivity index is 2.35. The van der Waals surface area contributed by atoms with E-state index in [0.717, 1.165) is 6.42 Å². The fourth-order valence-corrected chi connectivity index (χ4v) is 1.52. The van der Waals surface area contributed by atoms with E-state index < -0.39 is 0 Å². The number of aliphatic hydroxyl groups is 1. The van der Waals surface area contributed by atoms with Crippen molar-refractivity contribution < 1.29 is 14.6 Å². The van der Waals surface area contributed by atoms with Gasteiger partial charge >= 0.3 is 0 Å². The Kier molecular flexibility index (Phi) is 3.50. The second-order valence-electron chi connectivity index (χ2n) is 3.58. The molecule has 1 heterocycles. The third-order valence-corrected chi connectivity index (χ3v) is 2.18. The van der Waals surface area contributed by atoms with Crippen molar-refractivity contribution in [3.05, 3.63) is 0 Å². The second kappa shape index (κ2) is 4.21. The summed E-state index contributed by atoms with van der Waals surface area (Å²) in [6, 6.07) is 0. The van der Waals surface area contributed by atoms with E-state index in [1.54, 1.807) is 0 Å². The molecule has 0 spiro atoms. The molecule has 0 aliphatic carbocycles. The van der Waals surface area contributed by atoms with Crippen LogP contribution in [-0.2, 0) is 9.47 Å². The zero-order valence-electron chi connectivity index (χ0n) is 7.88. The highest BCUT2D eigenvalue weighted by Gasteiger charge is 2.32. The highest BCUT2D eigenvalue weighted by Crippen LogP contribution is 2.24. The summed E-state index contributed by atoms with van der Waals surface area (Å²) in [6.07, 6.45) is 1.22. The molecule has 2 unspecified atom stereocenters. The SMILES string of the molecule is CCOCC1(C)CC(O)CCO1. The molecule has 1 N–H and O–H groups in total. The molecule has 3 nitrogen and oxygen atoms in total. The van der Waals surface area contributed by atoms with Gasteiger partial charge in [0.1, 0.15) is 0 Å². The van der Waals surface area contributed by atoms with Crippen molar-refractivity contribution in [2.45, 2.75) is 38.4 Å². The van der Waals surface area contributed by atoms with Crippen LogP contribution in [0.2, 0.25) is 0 Å². The molecule has 12 heavy (non-hydrogen) atoms. The Bertz CT molecular complexity index is 138. The van der Waals surface area contributed by atoms with Crippen molar-refractivity contribution in [3.8, 4) is 0 Å². The fourth-order valence-electron chi connectivity index (χ4n) is 1.52. The van der Waals surface area contributed by atoms with E-state index in [2.05, 4.69) is 0 Å². The van der Waals surface area contributed by atoms with Crippen LogP contribution in [0.4, 0.5) is 0 Å². The Morgan fingerprint density at radius 1 is 1.67 bits per heavy atom. The molecule has 1 aliphatic rings. The van der Waals surface area contributed by atoms with E-state index in [4.69, 9.17) is 9.47 Å². The molecule has 0 bridgehead atoms. The van der Waals surface area contributed by atoms with E-state index in [0.29, 0.717) is 26.2 Å². The summed E-state index contributed by atoms with van der Waals surface area (Å²) < 4.78 is 10.8. The third kappa shape index (κ3) is 2.73. The fraction of sp³-hybridized carbons (Fsp3) is 1.00. The molecule has 0 aromatic heterocycles. The molecule has 1 fully saturated rings. The third-order valence-electron chi connectivity index (χ3n) is 2.18. The zero-order chi connectivity index (χ0) is 9.03. The van der Waals surface area contributed by atoms with Crippen LogP contribution in [0.25, 0.3) is 0 Å². The largest absolute Gasteiger partial charge is 0.393 e. The lowest BCUT2D eigenvalue weighted by Crippen LogP contribution is -2.43. The first-order valence-electron chi connectivity index (χ1n) is 4.56. The first-order chi connectivity index (χ1) is 5.66. The van der Waals surface area contributed by atoms with E-state index >= 15 is 0 Å². The smallest absolute Gasteiger partial charge is 0.0911 e. The number of hydrogen-bond donors (Lipinski definition) is 1. The summed E-state index contributed by atoms with van der Waals surface area (Å²) in [5, 5.41) is 9.41. The predicted octanol–water partition coefficient (Wildman–Crippen LogP) is 0.953. The summed E-state index contributed by atoms with van der Waals surface area (Å²) in [6.45, 7) is 5.88.